The molecule has 0 bridgehead atoms. The van der Waals surface area contributed by atoms with Crippen LogP contribution in [0.3, 0.4) is 0 Å². The summed E-state index contributed by atoms with van der Waals surface area (Å²) in [6.07, 6.45) is 0. The first-order valence-corrected chi connectivity index (χ1v) is 8.79. The Kier molecular flexibility index (Phi) is 5.50. The summed E-state index contributed by atoms with van der Waals surface area (Å²) in [5.41, 5.74) is 3.94. The van der Waals surface area contributed by atoms with Crippen LogP contribution in [0.4, 0.5) is 0 Å². The van der Waals surface area contributed by atoms with Crippen LogP contribution in [-0.4, -0.2) is 69.9 Å². The Balaban J connectivity index is 1.67. The molecule has 1 N–H and O–H groups in total. The monoisotopic (exact) mass is 342 g/mol. The zero-order chi connectivity index (χ0) is 17.8. The Hall–Kier alpha value is -2.18. The lowest BCUT2D eigenvalue weighted by Gasteiger charge is -2.34. The molecule has 0 unspecified atom stereocenters. The van der Waals surface area contributed by atoms with Crippen LogP contribution in [0.2, 0.25) is 0 Å². The molecule has 1 aromatic carbocycles. The lowest BCUT2D eigenvalue weighted by Crippen LogP contribution is -2.49. The first kappa shape index (κ1) is 17.6. The van der Waals surface area contributed by atoms with Crippen LogP contribution in [0.25, 0.3) is 0 Å². The third-order valence-corrected chi connectivity index (χ3v) is 4.69. The number of aliphatic hydroxyl groups excluding tert-OH is 1. The van der Waals surface area contributed by atoms with Gasteiger partial charge in [-0.15, -0.1) is 0 Å². The minimum Gasteiger partial charge on any atom is -0.395 e. The average molecular weight is 342 g/mol. The molecule has 134 valence electrons. The molecule has 6 heteroatoms. The van der Waals surface area contributed by atoms with Gasteiger partial charge in [0.2, 0.25) is 0 Å². The topological polar surface area (TPSA) is 61.6 Å². The van der Waals surface area contributed by atoms with E-state index in [1.165, 1.54) is 0 Å². The van der Waals surface area contributed by atoms with E-state index >= 15 is 0 Å². The number of piperazine rings is 1. The van der Waals surface area contributed by atoms with E-state index in [1.807, 2.05) is 47.7 Å². The molecular formula is C19H26N4O2. The van der Waals surface area contributed by atoms with Gasteiger partial charge in [-0.3, -0.25) is 14.4 Å². The second-order valence-electron chi connectivity index (χ2n) is 6.64. The summed E-state index contributed by atoms with van der Waals surface area (Å²) in [6, 6.07) is 9.88. The molecule has 1 fully saturated rings. The number of hydrogen-bond acceptors (Lipinski definition) is 4. The Morgan fingerprint density at radius 1 is 1.16 bits per heavy atom. The Morgan fingerprint density at radius 3 is 2.56 bits per heavy atom. The van der Waals surface area contributed by atoms with E-state index in [0.29, 0.717) is 26.2 Å². The highest BCUT2D eigenvalue weighted by atomic mass is 16.3. The van der Waals surface area contributed by atoms with Crippen LogP contribution in [0, 0.1) is 13.8 Å². The number of carbonyl (C=O) groups is 1. The number of rotatable bonds is 5. The molecule has 0 aliphatic carbocycles. The van der Waals surface area contributed by atoms with E-state index in [2.05, 4.69) is 16.1 Å². The largest absolute Gasteiger partial charge is 0.395 e. The van der Waals surface area contributed by atoms with Crippen LogP contribution in [-0.2, 0) is 6.54 Å². The first-order valence-electron chi connectivity index (χ1n) is 8.79. The second-order valence-corrected chi connectivity index (χ2v) is 6.64. The number of aliphatic hydroxyl groups is 1. The van der Waals surface area contributed by atoms with Gasteiger partial charge in [-0.2, -0.15) is 5.10 Å². The number of nitrogens with zero attached hydrogens (tertiary/aromatic N) is 4. The van der Waals surface area contributed by atoms with Crippen molar-refractivity contribution < 1.29 is 9.90 Å². The van der Waals surface area contributed by atoms with Gasteiger partial charge in [-0.25, -0.2) is 0 Å². The zero-order valence-corrected chi connectivity index (χ0v) is 15.0. The zero-order valence-electron chi connectivity index (χ0n) is 15.0. The highest BCUT2D eigenvalue weighted by Gasteiger charge is 2.21. The van der Waals surface area contributed by atoms with E-state index < -0.39 is 0 Å². The number of amides is 1. The maximum Gasteiger partial charge on any atom is 0.253 e. The van der Waals surface area contributed by atoms with E-state index in [4.69, 9.17) is 5.11 Å². The average Bonchev–Trinajstić information content (AvgIpc) is 2.93. The van der Waals surface area contributed by atoms with E-state index in [1.54, 1.807) is 0 Å². The molecule has 1 amide bonds. The Labute approximate surface area is 148 Å². The van der Waals surface area contributed by atoms with Crippen molar-refractivity contribution in [2.24, 2.45) is 0 Å². The summed E-state index contributed by atoms with van der Waals surface area (Å²) < 4.78 is 1.96. The van der Waals surface area contributed by atoms with Crippen molar-refractivity contribution in [3.05, 3.63) is 52.8 Å². The summed E-state index contributed by atoms with van der Waals surface area (Å²) in [5, 5.41) is 13.5. The third kappa shape index (κ3) is 4.27. The van der Waals surface area contributed by atoms with E-state index in [0.717, 1.165) is 35.6 Å². The van der Waals surface area contributed by atoms with Crippen LogP contribution in [0.5, 0.6) is 0 Å². The Morgan fingerprint density at radius 2 is 1.92 bits per heavy atom. The molecule has 6 nitrogen and oxygen atoms in total. The highest BCUT2D eigenvalue weighted by molar-refractivity contribution is 5.94. The number of carbonyl (C=O) groups excluding carboxylic acids is 1. The second kappa shape index (κ2) is 7.80. The molecule has 25 heavy (non-hydrogen) atoms. The number of aryl methyl sites for hydroxylation is 2. The molecule has 1 aromatic heterocycles. The predicted molar refractivity (Wildman–Crippen MR) is 96.7 cm³/mol. The molecule has 3 rings (SSSR count). The molecule has 1 aliphatic heterocycles. The minimum absolute atomic E-state index is 0.0823. The van der Waals surface area contributed by atoms with Crippen molar-refractivity contribution >= 4 is 5.91 Å². The van der Waals surface area contributed by atoms with Gasteiger partial charge in [0.05, 0.1) is 18.8 Å². The van der Waals surface area contributed by atoms with Crippen molar-refractivity contribution in [1.82, 2.24) is 19.6 Å². The minimum atomic E-state index is 0.0823. The van der Waals surface area contributed by atoms with E-state index in [9.17, 15) is 4.79 Å². The van der Waals surface area contributed by atoms with Crippen LogP contribution in [0.1, 0.15) is 27.3 Å². The standard InChI is InChI=1S/C19H26N4O2/c1-15-12-16(2)23(20-15)14-17-4-3-5-18(13-17)19(25)22-8-6-21(7-9-22)10-11-24/h3-5,12-13,24H,6-11,14H2,1-2H3. The maximum atomic E-state index is 12.8. The molecule has 2 aromatic rings. The summed E-state index contributed by atoms with van der Waals surface area (Å²) >= 11 is 0. The molecule has 0 saturated carbocycles. The van der Waals surface area contributed by atoms with Gasteiger partial charge in [-0.1, -0.05) is 12.1 Å². The smallest absolute Gasteiger partial charge is 0.253 e. The van der Waals surface area contributed by atoms with Gasteiger partial charge < -0.3 is 10.0 Å². The van der Waals surface area contributed by atoms with Crippen molar-refractivity contribution in [1.29, 1.82) is 0 Å². The van der Waals surface area contributed by atoms with Crippen molar-refractivity contribution in [2.45, 2.75) is 20.4 Å². The summed E-state index contributed by atoms with van der Waals surface area (Å²) in [4.78, 5) is 16.9. The maximum absolute atomic E-state index is 12.8. The number of benzene rings is 1. The molecule has 1 saturated heterocycles. The van der Waals surface area contributed by atoms with Crippen molar-refractivity contribution in [3.8, 4) is 0 Å². The predicted octanol–water partition coefficient (Wildman–Crippen LogP) is 1.30. The fourth-order valence-electron chi connectivity index (χ4n) is 3.31. The normalized spacial score (nSPS) is 15.6. The lowest BCUT2D eigenvalue weighted by atomic mass is 10.1. The molecule has 0 atom stereocenters. The van der Waals surface area contributed by atoms with Gasteiger partial charge in [0.25, 0.3) is 5.91 Å². The molecular weight excluding hydrogens is 316 g/mol. The number of hydrogen-bond donors (Lipinski definition) is 1. The van der Waals surface area contributed by atoms with Crippen molar-refractivity contribution in [3.63, 3.8) is 0 Å². The summed E-state index contributed by atoms with van der Waals surface area (Å²) in [6.45, 7) is 8.60. The molecule has 0 radical (unpaired) electrons. The number of β-amino-alcohol motifs (C(OH)–C–C–N with tert-alkyl or cyclic N) is 1. The van der Waals surface area contributed by atoms with Crippen LogP contribution >= 0.6 is 0 Å². The van der Waals surface area contributed by atoms with Gasteiger partial charge in [-0.05, 0) is 37.6 Å². The SMILES string of the molecule is Cc1cc(C)n(Cc2cccc(C(=O)N3CCN(CCO)CC3)c2)n1. The fraction of sp³-hybridized carbons (Fsp3) is 0.474. The van der Waals surface area contributed by atoms with Gasteiger partial charge in [0.1, 0.15) is 0 Å². The fourth-order valence-corrected chi connectivity index (χ4v) is 3.31. The van der Waals surface area contributed by atoms with Gasteiger partial charge in [0, 0.05) is 44.0 Å². The third-order valence-electron chi connectivity index (χ3n) is 4.69. The molecule has 2 heterocycles. The highest BCUT2D eigenvalue weighted by Crippen LogP contribution is 2.13. The quantitative estimate of drug-likeness (QED) is 0.890. The van der Waals surface area contributed by atoms with Gasteiger partial charge >= 0.3 is 0 Å². The summed E-state index contributed by atoms with van der Waals surface area (Å²) in [7, 11) is 0. The molecule has 0 spiro atoms. The van der Waals surface area contributed by atoms with Gasteiger partial charge in [0.15, 0.2) is 0 Å². The molecule has 1 aliphatic rings. The Bertz CT molecular complexity index is 733. The summed E-state index contributed by atoms with van der Waals surface area (Å²) in [5.74, 6) is 0.0823. The van der Waals surface area contributed by atoms with Crippen molar-refractivity contribution in [2.75, 3.05) is 39.3 Å². The van der Waals surface area contributed by atoms with Crippen LogP contribution < -0.4 is 0 Å². The van der Waals surface area contributed by atoms with E-state index in [-0.39, 0.29) is 12.5 Å². The van der Waals surface area contributed by atoms with Crippen LogP contribution in [0.15, 0.2) is 30.3 Å². The lowest BCUT2D eigenvalue weighted by molar-refractivity contribution is 0.0615. The number of aromatic nitrogens is 2. The first-order chi connectivity index (χ1) is 12.1.